The Hall–Kier alpha value is -1.49. The Morgan fingerprint density at radius 1 is 1.47 bits per heavy atom. The van der Waals surface area contributed by atoms with Crippen LogP contribution in [0.3, 0.4) is 0 Å². The van der Waals surface area contributed by atoms with Gasteiger partial charge in [-0.25, -0.2) is 4.98 Å². The van der Waals surface area contributed by atoms with Crippen LogP contribution >= 0.6 is 11.8 Å². The molecule has 0 spiro atoms. The molecular weight excluding hydrogens is 258 g/mol. The number of nitrogens with zero attached hydrogens (tertiary/aromatic N) is 2. The van der Waals surface area contributed by atoms with Gasteiger partial charge < -0.3 is 10.3 Å². The lowest BCUT2D eigenvalue weighted by atomic mass is 10.3. The van der Waals surface area contributed by atoms with Crippen LogP contribution in [0.2, 0.25) is 0 Å². The van der Waals surface area contributed by atoms with Gasteiger partial charge in [-0.2, -0.15) is 0 Å². The summed E-state index contributed by atoms with van der Waals surface area (Å²) in [6.07, 6.45) is 2.22. The summed E-state index contributed by atoms with van der Waals surface area (Å²) in [7, 11) is 0. The summed E-state index contributed by atoms with van der Waals surface area (Å²) in [4.78, 5) is 15.8. The van der Waals surface area contributed by atoms with Crippen molar-refractivity contribution in [1.82, 2.24) is 9.55 Å². The molecule has 0 aliphatic carbocycles. The average Bonchev–Trinajstić information content (AvgIpc) is 2.73. The van der Waals surface area contributed by atoms with Crippen molar-refractivity contribution in [1.29, 1.82) is 0 Å². The van der Waals surface area contributed by atoms with E-state index in [2.05, 4.69) is 22.5 Å². The van der Waals surface area contributed by atoms with Crippen LogP contribution in [0, 0.1) is 0 Å². The summed E-state index contributed by atoms with van der Waals surface area (Å²) in [6, 6.07) is 8.05. The van der Waals surface area contributed by atoms with Crippen molar-refractivity contribution in [2.24, 2.45) is 5.73 Å². The number of aromatic nitrogens is 2. The number of hydrogen-bond acceptors (Lipinski definition) is 3. The number of carbonyl (C=O) groups is 1. The monoisotopic (exact) mass is 277 g/mol. The summed E-state index contributed by atoms with van der Waals surface area (Å²) in [5.41, 5.74) is 7.42. The number of para-hydroxylation sites is 2. The van der Waals surface area contributed by atoms with Crippen molar-refractivity contribution >= 4 is 28.7 Å². The number of fused-ring (bicyclic) bond motifs is 1. The zero-order valence-corrected chi connectivity index (χ0v) is 12.1. The molecule has 1 heterocycles. The first-order valence-electron chi connectivity index (χ1n) is 6.54. The number of thioether (sulfide) groups is 1. The van der Waals surface area contributed by atoms with Gasteiger partial charge >= 0.3 is 0 Å². The van der Waals surface area contributed by atoms with Gasteiger partial charge in [-0.05, 0) is 25.5 Å². The van der Waals surface area contributed by atoms with Crippen LogP contribution in [0.4, 0.5) is 0 Å². The SMILES string of the molecule is CCCCn1c(S[C@H](C)C(N)=O)nc2ccccc21. The van der Waals surface area contributed by atoms with Crippen molar-refractivity contribution in [3.63, 3.8) is 0 Å². The highest BCUT2D eigenvalue weighted by Crippen LogP contribution is 2.27. The first-order chi connectivity index (χ1) is 9.13. The molecule has 0 bridgehead atoms. The third-order valence-electron chi connectivity index (χ3n) is 3.04. The Morgan fingerprint density at radius 3 is 2.89 bits per heavy atom. The highest BCUT2D eigenvalue weighted by Gasteiger charge is 2.16. The van der Waals surface area contributed by atoms with E-state index in [1.54, 1.807) is 0 Å². The van der Waals surface area contributed by atoms with E-state index >= 15 is 0 Å². The van der Waals surface area contributed by atoms with E-state index in [0.717, 1.165) is 35.6 Å². The number of rotatable bonds is 6. The quantitative estimate of drug-likeness (QED) is 0.826. The lowest BCUT2D eigenvalue weighted by molar-refractivity contribution is -0.117. The Balaban J connectivity index is 2.37. The van der Waals surface area contributed by atoms with Crippen molar-refractivity contribution in [2.75, 3.05) is 0 Å². The van der Waals surface area contributed by atoms with Gasteiger partial charge in [0, 0.05) is 6.54 Å². The summed E-state index contributed by atoms with van der Waals surface area (Å²) >= 11 is 1.43. The molecular formula is C14H19N3OS. The second-order valence-corrected chi connectivity index (χ2v) is 5.86. The van der Waals surface area contributed by atoms with Crippen LogP contribution in [-0.4, -0.2) is 20.7 Å². The van der Waals surface area contributed by atoms with Gasteiger partial charge in [0.15, 0.2) is 5.16 Å². The predicted octanol–water partition coefficient (Wildman–Crippen LogP) is 2.80. The largest absolute Gasteiger partial charge is 0.369 e. The molecule has 5 heteroatoms. The number of imidazole rings is 1. The molecule has 1 aromatic heterocycles. The second kappa shape index (κ2) is 6.10. The van der Waals surface area contributed by atoms with E-state index in [0.29, 0.717) is 0 Å². The van der Waals surface area contributed by atoms with Crippen molar-refractivity contribution < 1.29 is 4.79 Å². The maximum absolute atomic E-state index is 11.2. The average molecular weight is 277 g/mol. The zero-order valence-electron chi connectivity index (χ0n) is 11.3. The van der Waals surface area contributed by atoms with E-state index in [1.807, 2.05) is 25.1 Å². The summed E-state index contributed by atoms with van der Waals surface area (Å²) < 4.78 is 2.18. The van der Waals surface area contributed by atoms with Crippen LogP contribution in [0.1, 0.15) is 26.7 Å². The van der Waals surface area contributed by atoms with Crippen LogP contribution < -0.4 is 5.73 Å². The molecule has 2 rings (SSSR count). The van der Waals surface area contributed by atoms with E-state index in [9.17, 15) is 4.79 Å². The van der Waals surface area contributed by atoms with Gasteiger partial charge in [0.05, 0.1) is 16.3 Å². The minimum absolute atomic E-state index is 0.266. The normalized spacial score (nSPS) is 12.7. The van der Waals surface area contributed by atoms with Gasteiger partial charge in [0.25, 0.3) is 0 Å². The molecule has 0 aliphatic rings. The van der Waals surface area contributed by atoms with Crippen molar-refractivity contribution in [2.45, 2.75) is 43.6 Å². The molecule has 102 valence electrons. The standard InChI is InChI=1S/C14H19N3OS/c1-3-4-9-17-12-8-6-5-7-11(12)16-14(17)19-10(2)13(15)18/h5-8,10H,3-4,9H2,1-2H3,(H2,15,18)/t10-/m1/s1. The van der Waals surface area contributed by atoms with Crippen LogP contribution in [0.25, 0.3) is 11.0 Å². The lowest BCUT2D eigenvalue weighted by Gasteiger charge is -2.10. The maximum Gasteiger partial charge on any atom is 0.230 e. The van der Waals surface area contributed by atoms with Crippen LogP contribution in [0.5, 0.6) is 0 Å². The number of benzene rings is 1. The molecule has 1 aromatic carbocycles. The van der Waals surface area contributed by atoms with E-state index < -0.39 is 0 Å². The Bertz CT molecular complexity index is 579. The molecule has 1 atom stereocenters. The molecule has 2 N–H and O–H groups in total. The molecule has 1 amide bonds. The Labute approximate surface area is 117 Å². The van der Waals surface area contributed by atoms with Gasteiger partial charge in [-0.3, -0.25) is 4.79 Å². The third kappa shape index (κ3) is 3.10. The van der Waals surface area contributed by atoms with Crippen molar-refractivity contribution in [3.05, 3.63) is 24.3 Å². The number of carbonyl (C=O) groups excluding carboxylic acids is 1. The summed E-state index contributed by atoms with van der Waals surface area (Å²) in [5, 5.41) is 0.609. The molecule has 2 aromatic rings. The smallest absolute Gasteiger partial charge is 0.230 e. The fourth-order valence-electron chi connectivity index (χ4n) is 1.89. The molecule has 0 aliphatic heterocycles. The highest BCUT2D eigenvalue weighted by atomic mass is 32.2. The molecule has 0 saturated heterocycles. The third-order valence-corrected chi connectivity index (χ3v) is 4.15. The number of nitrogens with two attached hydrogens (primary N) is 1. The number of aryl methyl sites for hydroxylation is 1. The Kier molecular flexibility index (Phi) is 4.47. The fraction of sp³-hybridized carbons (Fsp3) is 0.429. The Morgan fingerprint density at radius 2 is 2.21 bits per heavy atom. The molecule has 0 saturated carbocycles. The zero-order chi connectivity index (χ0) is 13.8. The first-order valence-corrected chi connectivity index (χ1v) is 7.42. The minimum atomic E-state index is -0.306. The van der Waals surface area contributed by atoms with E-state index in [-0.39, 0.29) is 11.2 Å². The number of primary amides is 1. The maximum atomic E-state index is 11.2. The first kappa shape index (κ1) is 13.9. The lowest BCUT2D eigenvalue weighted by Crippen LogP contribution is -2.23. The molecule has 0 fully saturated rings. The summed E-state index contributed by atoms with van der Waals surface area (Å²) in [6.45, 7) is 4.90. The fourth-order valence-corrected chi connectivity index (χ4v) is 2.79. The summed E-state index contributed by atoms with van der Waals surface area (Å²) in [5.74, 6) is -0.306. The van der Waals surface area contributed by atoms with Crippen LogP contribution in [0.15, 0.2) is 29.4 Å². The predicted molar refractivity (Wildman–Crippen MR) is 79.2 cm³/mol. The van der Waals surface area contributed by atoms with Crippen molar-refractivity contribution in [3.8, 4) is 0 Å². The number of unbranched alkanes of at least 4 members (excludes halogenated alkanes) is 1. The second-order valence-electron chi connectivity index (χ2n) is 4.55. The topological polar surface area (TPSA) is 60.9 Å². The van der Waals surface area contributed by atoms with E-state index in [1.165, 1.54) is 11.8 Å². The molecule has 0 radical (unpaired) electrons. The number of hydrogen-bond donors (Lipinski definition) is 1. The van der Waals surface area contributed by atoms with Gasteiger partial charge in [-0.1, -0.05) is 37.2 Å². The van der Waals surface area contributed by atoms with E-state index in [4.69, 9.17) is 5.73 Å². The van der Waals surface area contributed by atoms with Gasteiger partial charge in [-0.15, -0.1) is 0 Å². The molecule has 4 nitrogen and oxygen atoms in total. The number of amides is 1. The van der Waals surface area contributed by atoms with Crippen LogP contribution in [-0.2, 0) is 11.3 Å². The van der Waals surface area contributed by atoms with Gasteiger partial charge in [0.1, 0.15) is 0 Å². The molecule has 0 unspecified atom stereocenters. The minimum Gasteiger partial charge on any atom is -0.369 e. The van der Waals surface area contributed by atoms with Gasteiger partial charge in [0.2, 0.25) is 5.91 Å². The highest BCUT2D eigenvalue weighted by molar-refractivity contribution is 8.00. The molecule has 19 heavy (non-hydrogen) atoms.